The van der Waals surface area contributed by atoms with Gasteiger partial charge in [0.05, 0.1) is 0 Å². The molecular formula is C8H12O4. The van der Waals surface area contributed by atoms with Crippen LogP contribution in [0.15, 0.2) is 25.0 Å². The van der Waals surface area contributed by atoms with Gasteiger partial charge in [-0.2, -0.15) is 0 Å². The van der Waals surface area contributed by atoms with E-state index < -0.39 is 0 Å². The van der Waals surface area contributed by atoms with Gasteiger partial charge in [0.1, 0.15) is 51.5 Å². The van der Waals surface area contributed by atoms with E-state index in [-0.39, 0.29) is 0 Å². The van der Waals surface area contributed by atoms with Crippen LogP contribution in [0.2, 0.25) is 0 Å². The predicted molar refractivity (Wildman–Crippen MR) is 42.1 cm³/mol. The molecule has 0 amide bonds. The maximum absolute atomic E-state index is 4.76. The molecule has 4 nitrogen and oxygen atoms in total. The van der Waals surface area contributed by atoms with E-state index in [9.17, 15) is 0 Å². The van der Waals surface area contributed by atoms with Crippen LogP contribution in [0.1, 0.15) is 0 Å². The zero-order valence-corrected chi connectivity index (χ0v) is 6.77. The van der Waals surface area contributed by atoms with Gasteiger partial charge in [-0.3, -0.25) is 0 Å². The molecule has 0 aliphatic carbocycles. The van der Waals surface area contributed by atoms with Crippen molar-refractivity contribution in [1.82, 2.24) is 0 Å². The Kier molecular flexibility index (Phi) is 4.67. The molecule has 0 unspecified atom stereocenters. The van der Waals surface area contributed by atoms with Crippen LogP contribution in [0, 0.1) is 0 Å². The second-order valence-electron chi connectivity index (χ2n) is 2.03. The summed E-state index contributed by atoms with van der Waals surface area (Å²) in [6.07, 6.45) is 6.18. The summed E-state index contributed by atoms with van der Waals surface area (Å²) in [5, 5.41) is 0. The molecule has 0 radical (unpaired) electrons. The Balaban J connectivity index is 0.000000120. The van der Waals surface area contributed by atoms with Gasteiger partial charge >= 0.3 is 0 Å². The van der Waals surface area contributed by atoms with Crippen LogP contribution in [0.4, 0.5) is 0 Å². The standard InChI is InChI=1S/2C4H6O2/c2*1-2-6-4-3-5-1/h2*1-2H,3-4H2. The minimum absolute atomic E-state index is 0.691. The third-order valence-corrected chi connectivity index (χ3v) is 1.13. The lowest BCUT2D eigenvalue weighted by molar-refractivity contribution is 0.108. The quantitative estimate of drug-likeness (QED) is 0.546. The maximum atomic E-state index is 4.76. The zero-order valence-electron chi connectivity index (χ0n) is 6.77. The van der Waals surface area contributed by atoms with Crippen molar-refractivity contribution < 1.29 is 18.9 Å². The van der Waals surface area contributed by atoms with Gasteiger partial charge < -0.3 is 18.9 Å². The highest BCUT2D eigenvalue weighted by Gasteiger charge is 1.86. The molecule has 2 rings (SSSR count). The fourth-order valence-corrected chi connectivity index (χ4v) is 0.622. The summed E-state index contributed by atoms with van der Waals surface area (Å²) in [4.78, 5) is 0. The lowest BCUT2D eigenvalue weighted by Crippen LogP contribution is -2.00. The van der Waals surface area contributed by atoms with Crippen molar-refractivity contribution in [2.24, 2.45) is 0 Å². The van der Waals surface area contributed by atoms with Crippen LogP contribution in [-0.2, 0) is 18.9 Å². The van der Waals surface area contributed by atoms with E-state index in [0.29, 0.717) is 26.4 Å². The van der Waals surface area contributed by atoms with Gasteiger partial charge in [0.2, 0.25) is 0 Å². The van der Waals surface area contributed by atoms with Gasteiger partial charge in [0, 0.05) is 0 Å². The molecule has 0 fully saturated rings. The second-order valence-corrected chi connectivity index (χ2v) is 2.03. The summed E-state index contributed by atoms with van der Waals surface area (Å²) in [6, 6.07) is 0. The molecule has 0 saturated heterocycles. The van der Waals surface area contributed by atoms with Gasteiger partial charge in [-0.1, -0.05) is 0 Å². The first-order valence-electron chi connectivity index (χ1n) is 3.76. The third-order valence-electron chi connectivity index (χ3n) is 1.13. The summed E-state index contributed by atoms with van der Waals surface area (Å²) in [7, 11) is 0. The number of hydrogen-bond donors (Lipinski definition) is 0. The van der Waals surface area contributed by atoms with Gasteiger partial charge in [-0.05, 0) is 0 Å². The van der Waals surface area contributed by atoms with Crippen LogP contribution in [0.5, 0.6) is 0 Å². The summed E-state index contributed by atoms with van der Waals surface area (Å²) in [5.41, 5.74) is 0. The first-order valence-corrected chi connectivity index (χ1v) is 3.76. The van der Waals surface area contributed by atoms with E-state index >= 15 is 0 Å². The zero-order chi connectivity index (χ0) is 8.49. The van der Waals surface area contributed by atoms with Crippen LogP contribution in [0.3, 0.4) is 0 Å². The second kappa shape index (κ2) is 6.39. The highest BCUT2D eigenvalue weighted by atomic mass is 16.5. The summed E-state index contributed by atoms with van der Waals surface area (Å²) in [5.74, 6) is 0. The minimum atomic E-state index is 0.691. The van der Waals surface area contributed by atoms with Crippen molar-refractivity contribution in [3.63, 3.8) is 0 Å². The average Bonchev–Trinajstić information content (AvgIpc) is 2.24. The summed E-state index contributed by atoms with van der Waals surface area (Å²) >= 11 is 0. The van der Waals surface area contributed by atoms with Crippen LogP contribution in [0.25, 0.3) is 0 Å². The van der Waals surface area contributed by atoms with Gasteiger partial charge in [0.15, 0.2) is 0 Å². The summed E-state index contributed by atoms with van der Waals surface area (Å²) in [6.45, 7) is 2.76. The Morgan fingerprint density at radius 2 is 0.750 bits per heavy atom. The lowest BCUT2D eigenvalue weighted by Gasteiger charge is -2.04. The molecule has 0 aromatic carbocycles. The van der Waals surface area contributed by atoms with Crippen molar-refractivity contribution in [2.45, 2.75) is 0 Å². The van der Waals surface area contributed by atoms with Gasteiger partial charge in [-0.15, -0.1) is 0 Å². The first-order chi connectivity index (χ1) is 6.00. The Bertz CT molecular complexity index is 119. The average molecular weight is 172 g/mol. The minimum Gasteiger partial charge on any atom is -0.494 e. The predicted octanol–water partition coefficient (Wildman–Crippen LogP) is 1.01. The van der Waals surface area contributed by atoms with Crippen molar-refractivity contribution in [3.8, 4) is 0 Å². The first kappa shape index (κ1) is 8.77. The highest BCUT2D eigenvalue weighted by molar-refractivity contribution is 4.64. The SMILES string of the molecule is C1=COCCO1.C1=COCCO1. The monoisotopic (exact) mass is 172 g/mol. The lowest BCUT2D eigenvalue weighted by atomic mass is 10.7. The van der Waals surface area contributed by atoms with E-state index in [1.54, 1.807) is 25.0 Å². The number of ether oxygens (including phenoxy) is 4. The molecule has 0 aromatic heterocycles. The molecule has 0 bridgehead atoms. The number of rotatable bonds is 0. The molecule has 4 heteroatoms. The fourth-order valence-electron chi connectivity index (χ4n) is 0.622. The molecule has 2 aliphatic rings. The highest BCUT2D eigenvalue weighted by Crippen LogP contribution is 1.87. The van der Waals surface area contributed by atoms with E-state index in [2.05, 4.69) is 0 Å². The van der Waals surface area contributed by atoms with Crippen LogP contribution >= 0.6 is 0 Å². The largest absolute Gasteiger partial charge is 0.494 e. The van der Waals surface area contributed by atoms with Crippen LogP contribution in [-0.4, -0.2) is 26.4 Å². The van der Waals surface area contributed by atoms with Crippen molar-refractivity contribution >= 4 is 0 Å². The van der Waals surface area contributed by atoms with Crippen molar-refractivity contribution in [3.05, 3.63) is 25.0 Å². The van der Waals surface area contributed by atoms with E-state index in [4.69, 9.17) is 18.9 Å². The molecule has 0 aromatic rings. The van der Waals surface area contributed by atoms with Crippen molar-refractivity contribution in [1.29, 1.82) is 0 Å². The van der Waals surface area contributed by atoms with E-state index in [1.807, 2.05) is 0 Å². The Hall–Kier alpha value is -1.32. The Labute approximate surface area is 71.4 Å². The molecule has 0 spiro atoms. The van der Waals surface area contributed by atoms with Gasteiger partial charge in [-0.25, -0.2) is 0 Å². The third kappa shape index (κ3) is 4.49. The smallest absolute Gasteiger partial charge is 0.121 e. The van der Waals surface area contributed by atoms with Crippen LogP contribution < -0.4 is 0 Å². The fraction of sp³-hybridized carbons (Fsp3) is 0.500. The molecule has 2 heterocycles. The molecule has 0 saturated carbocycles. The number of hydrogen-bond acceptors (Lipinski definition) is 4. The molecule has 2 aliphatic heterocycles. The van der Waals surface area contributed by atoms with Gasteiger partial charge in [0.25, 0.3) is 0 Å². The molecule has 68 valence electrons. The van der Waals surface area contributed by atoms with Crippen molar-refractivity contribution in [2.75, 3.05) is 26.4 Å². The topological polar surface area (TPSA) is 36.9 Å². The molecule has 0 N–H and O–H groups in total. The Morgan fingerprint density at radius 1 is 0.500 bits per heavy atom. The molecule has 0 atom stereocenters. The van der Waals surface area contributed by atoms with E-state index in [0.717, 1.165) is 0 Å². The summed E-state index contributed by atoms with van der Waals surface area (Å²) < 4.78 is 19.1. The Morgan fingerprint density at radius 3 is 0.833 bits per heavy atom. The maximum Gasteiger partial charge on any atom is 0.121 e. The molecule has 12 heavy (non-hydrogen) atoms. The van der Waals surface area contributed by atoms with E-state index in [1.165, 1.54) is 0 Å². The molecular weight excluding hydrogens is 160 g/mol. The normalized spacial score (nSPS) is 18.7.